The number of nitrogens with one attached hydrogen (secondary N) is 1. The van der Waals surface area contributed by atoms with Crippen LogP contribution in [0.1, 0.15) is 22.8 Å². The zero-order valence-electron chi connectivity index (χ0n) is 13.0. The largest absolute Gasteiger partial charge is 0.449 e. The summed E-state index contributed by atoms with van der Waals surface area (Å²) in [6.45, 7) is 1.29. The second-order valence-corrected chi connectivity index (χ2v) is 5.40. The van der Waals surface area contributed by atoms with Gasteiger partial charge in [0, 0.05) is 19.4 Å². The topological polar surface area (TPSA) is 86.1 Å². The lowest BCUT2D eigenvalue weighted by molar-refractivity contribution is -0.137. The highest BCUT2D eigenvalue weighted by atomic mass is 35.5. The van der Waals surface area contributed by atoms with Crippen LogP contribution in [0.2, 0.25) is 5.02 Å². The molecule has 0 unspecified atom stereocenters. The third-order valence-corrected chi connectivity index (χ3v) is 3.29. The fourth-order valence-corrected chi connectivity index (χ4v) is 1.93. The number of rotatable bonds is 4. The van der Waals surface area contributed by atoms with Gasteiger partial charge in [0.1, 0.15) is 0 Å². The van der Waals surface area contributed by atoms with Crippen molar-refractivity contribution in [2.45, 2.75) is 19.2 Å². The second kappa shape index (κ2) is 7.09. The number of hydrogen-bond acceptors (Lipinski definition) is 5. The Labute approximate surface area is 144 Å². The van der Waals surface area contributed by atoms with Gasteiger partial charge in [-0.2, -0.15) is 18.3 Å². The fourth-order valence-electron chi connectivity index (χ4n) is 1.71. The molecule has 0 aliphatic carbocycles. The van der Waals surface area contributed by atoms with Crippen molar-refractivity contribution in [1.29, 1.82) is 0 Å². The van der Waals surface area contributed by atoms with Gasteiger partial charge in [0.05, 0.1) is 22.3 Å². The first-order chi connectivity index (χ1) is 11.6. The number of amides is 1. The number of carbonyl (C=O) groups is 2. The van der Waals surface area contributed by atoms with E-state index in [2.05, 4.69) is 15.4 Å². The standard InChI is InChI=1S/C14H12ClF3N4O3/c1-7(25-13(24)8-4-20-22(2)6-8)12(23)21-11-10(15)3-9(5-19-11)14(16,17)18/h3-7H,1-2H3,(H,19,21,23)/t7-/m1/s1. The summed E-state index contributed by atoms with van der Waals surface area (Å²) in [4.78, 5) is 27.3. The van der Waals surface area contributed by atoms with Crippen molar-refractivity contribution >= 4 is 29.3 Å². The van der Waals surface area contributed by atoms with Crippen molar-refractivity contribution in [3.05, 3.63) is 40.8 Å². The first kappa shape index (κ1) is 18.7. The summed E-state index contributed by atoms with van der Waals surface area (Å²) >= 11 is 5.69. The lowest BCUT2D eigenvalue weighted by Gasteiger charge is -2.14. The molecule has 2 aromatic heterocycles. The Morgan fingerprint density at radius 2 is 2.04 bits per heavy atom. The smallest absolute Gasteiger partial charge is 0.417 e. The number of halogens is 4. The molecule has 1 N–H and O–H groups in total. The molecule has 1 atom stereocenters. The van der Waals surface area contributed by atoms with Crippen molar-refractivity contribution in [2.24, 2.45) is 7.05 Å². The molecule has 0 saturated carbocycles. The molecule has 0 aliphatic rings. The molecule has 2 rings (SSSR count). The highest BCUT2D eigenvalue weighted by Crippen LogP contribution is 2.32. The molecular formula is C14H12ClF3N4O3. The van der Waals surface area contributed by atoms with Crippen LogP contribution < -0.4 is 5.32 Å². The van der Waals surface area contributed by atoms with Crippen LogP contribution in [0.5, 0.6) is 0 Å². The number of nitrogens with zero attached hydrogens (tertiary/aromatic N) is 3. The maximum atomic E-state index is 12.5. The molecule has 7 nitrogen and oxygen atoms in total. The summed E-state index contributed by atoms with van der Waals surface area (Å²) in [7, 11) is 1.60. The zero-order chi connectivity index (χ0) is 18.8. The third-order valence-electron chi connectivity index (χ3n) is 3.00. The van der Waals surface area contributed by atoms with Crippen LogP contribution in [-0.4, -0.2) is 32.7 Å². The predicted octanol–water partition coefficient (Wildman–Crippen LogP) is 2.67. The summed E-state index contributed by atoms with van der Waals surface area (Å²) in [6.07, 6.45) is -2.63. The molecule has 134 valence electrons. The van der Waals surface area contributed by atoms with E-state index in [1.54, 1.807) is 7.05 Å². The SMILES string of the molecule is C[C@@H](OC(=O)c1cnn(C)c1)C(=O)Nc1ncc(C(F)(F)F)cc1Cl. The predicted molar refractivity (Wildman–Crippen MR) is 81.0 cm³/mol. The molecule has 0 aliphatic heterocycles. The van der Waals surface area contributed by atoms with Crippen LogP contribution in [0.25, 0.3) is 0 Å². The van der Waals surface area contributed by atoms with Crippen LogP contribution in [0.15, 0.2) is 24.7 Å². The van der Waals surface area contributed by atoms with Crippen molar-refractivity contribution in [3.8, 4) is 0 Å². The number of anilines is 1. The van der Waals surface area contributed by atoms with E-state index in [-0.39, 0.29) is 11.4 Å². The third kappa shape index (κ3) is 4.69. The number of esters is 1. The van der Waals surface area contributed by atoms with E-state index in [4.69, 9.17) is 16.3 Å². The van der Waals surface area contributed by atoms with Crippen LogP contribution >= 0.6 is 11.6 Å². The van der Waals surface area contributed by atoms with Crippen molar-refractivity contribution in [3.63, 3.8) is 0 Å². The quantitative estimate of drug-likeness (QED) is 0.829. The Hall–Kier alpha value is -2.62. The number of aromatic nitrogens is 3. The molecular weight excluding hydrogens is 365 g/mol. The van der Waals surface area contributed by atoms with Gasteiger partial charge in [0.15, 0.2) is 11.9 Å². The average molecular weight is 377 g/mol. The molecule has 0 aromatic carbocycles. The van der Waals surface area contributed by atoms with Crippen molar-refractivity contribution < 1.29 is 27.5 Å². The van der Waals surface area contributed by atoms with E-state index in [1.807, 2.05) is 0 Å². The summed E-state index contributed by atoms with van der Waals surface area (Å²) < 4.78 is 44.0. The van der Waals surface area contributed by atoms with Gasteiger partial charge in [-0.1, -0.05) is 11.6 Å². The minimum atomic E-state index is -4.61. The van der Waals surface area contributed by atoms with Crippen molar-refractivity contribution in [2.75, 3.05) is 5.32 Å². The van der Waals surface area contributed by atoms with Crippen LogP contribution in [0.3, 0.4) is 0 Å². The van der Waals surface area contributed by atoms with Crippen LogP contribution in [0, 0.1) is 0 Å². The van der Waals surface area contributed by atoms with E-state index in [9.17, 15) is 22.8 Å². The first-order valence-electron chi connectivity index (χ1n) is 6.81. The second-order valence-electron chi connectivity index (χ2n) is 4.99. The summed E-state index contributed by atoms with van der Waals surface area (Å²) in [5.41, 5.74) is -0.903. The van der Waals surface area contributed by atoms with Gasteiger partial charge in [-0.05, 0) is 13.0 Å². The van der Waals surface area contributed by atoms with Gasteiger partial charge in [0.25, 0.3) is 5.91 Å². The molecule has 0 radical (unpaired) electrons. The maximum absolute atomic E-state index is 12.5. The minimum absolute atomic E-state index is 0.146. The van der Waals surface area contributed by atoms with E-state index in [0.29, 0.717) is 12.3 Å². The number of hydrogen-bond donors (Lipinski definition) is 1. The molecule has 2 aromatic rings. The summed E-state index contributed by atoms with van der Waals surface area (Å²) in [6, 6.07) is 0.635. The van der Waals surface area contributed by atoms with E-state index in [0.717, 1.165) is 0 Å². The number of aryl methyl sites for hydroxylation is 1. The number of ether oxygens (including phenoxy) is 1. The molecule has 11 heteroatoms. The summed E-state index contributed by atoms with van der Waals surface area (Å²) in [5.74, 6) is -1.85. The Bertz CT molecular complexity index is 807. The van der Waals surface area contributed by atoms with Crippen LogP contribution in [0.4, 0.5) is 19.0 Å². The monoisotopic (exact) mass is 376 g/mol. The Morgan fingerprint density at radius 3 is 2.56 bits per heavy atom. The highest BCUT2D eigenvalue weighted by molar-refractivity contribution is 6.33. The summed E-state index contributed by atoms with van der Waals surface area (Å²) in [5, 5.41) is 5.60. The Morgan fingerprint density at radius 1 is 1.36 bits per heavy atom. The minimum Gasteiger partial charge on any atom is -0.449 e. The van der Waals surface area contributed by atoms with Gasteiger partial charge < -0.3 is 10.1 Å². The van der Waals surface area contributed by atoms with Gasteiger partial charge in [-0.15, -0.1) is 0 Å². The number of pyridine rings is 1. The Balaban J connectivity index is 2.02. The highest BCUT2D eigenvalue weighted by Gasteiger charge is 2.32. The maximum Gasteiger partial charge on any atom is 0.417 e. The van der Waals surface area contributed by atoms with Gasteiger partial charge >= 0.3 is 12.1 Å². The molecule has 0 saturated heterocycles. The fraction of sp³-hybridized carbons (Fsp3) is 0.286. The van der Waals surface area contributed by atoms with Crippen LogP contribution in [-0.2, 0) is 22.8 Å². The van der Waals surface area contributed by atoms with E-state index >= 15 is 0 Å². The average Bonchev–Trinajstić information content (AvgIpc) is 2.94. The molecule has 0 bridgehead atoms. The molecule has 2 heterocycles. The molecule has 25 heavy (non-hydrogen) atoms. The van der Waals surface area contributed by atoms with E-state index < -0.39 is 34.7 Å². The number of alkyl halides is 3. The first-order valence-corrected chi connectivity index (χ1v) is 7.19. The Kier molecular flexibility index (Phi) is 5.31. The molecule has 1 amide bonds. The van der Waals surface area contributed by atoms with Crippen molar-refractivity contribution in [1.82, 2.24) is 14.8 Å². The van der Waals surface area contributed by atoms with Gasteiger partial charge in [-0.25, -0.2) is 9.78 Å². The number of carbonyl (C=O) groups excluding carboxylic acids is 2. The molecule has 0 fully saturated rings. The lowest BCUT2D eigenvalue weighted by atomic mass is 10.2. The normalized spacial score (nSPS) is 12.6. The molecule has 0 spiro atoms. The van der Waals surface area contributed by atoms with E-state index in [1.165, 1.54) is 24.0 Å². The van der Waals surface area contributed by atoms with Gasteiger partial charge in [0.2, 0.25) is 0 Å². The zero-order valence-corrected chi connectivity index (χ0v) is 13.7. The lowest BCUT2D eigenvalue weighted by Crippen LogP contribution is -2.30. The van der Waals surface area contributed by atoms with Gasteiger partial charge in [-0.3, -0.25) is 9.48 Å².